The van der Waals surface area contributed by atoms with Crippen molar-refractivity contribution in [1.82, 2.24) is 19.9 Å². The molecule has 3 aromatic rings. The van der Waals surface area contributed by atoms with Gasteiger partial charge in [-0.05, 0) is 37.1 Å². The van der Waals surface area contributed by atoms with Gasteiger partial charge >= 0.3 is 0 Å². The molecule has 1 aliphatic heterocycles. The number of pyridine rings is 1. The number of nitrogens with zero attached hydrogens (tertiary/aromatic N) is 3. The first kappa shape index (κ1) is 12.5. The minimum Gasteiger partial charge on any atom is -0.297 e. The van der Waals surface area contributed by atoms with Crippen molar-refractivity contribution in [3.63, 3.8) is 0 Å². The summed E-state index contributed by atoms with van der Waals surface area (Å²) in [4.78, 5) is 9.36. The first-order chi connectivity index (χ1) is 10.4. The summed E-state index contributed by atoms with van der Waals surface area (Å²) in [5.74, 6) is 1.09. The maximum Gasteiger partial charge on any atom is 0.161 e. The van der Waals surface area contributed by atoms with Crippen LogP contribution in [0.5, 0.6) is 0 Å². The van der Waals surface area contributed by atoms with Crippen molar-refractivity contribution in [3.8, 4) is 0 Å². The predicted octanol–water partition coefficient (Wildman–Crippen LogP) is 2.90. The number of hydrogen-bond donors (Lipinski definition) is 1. The normalized spacial score (nSPS) is 18.4. The summed E-state index contributed by atoms with van der Waals surface area (Å²) in [6.07, 6.45) is 5.37. The van der Waals surface area contributed by atoms with E-state index in [1.807, 2.05) is 24.4 Å². The van der Waals surface area contributed by atoms with Crippen LogP contribution in [0.1, 0.15) is 30.4 Å². The van der Waals surface area contributed by atoms with Crippen molar-refractivity contribution < 1.29 is 0 Å². The Balaban J connectivity index is 1.81. The highest BCUT2D eigenvalue weighted by atomic mass is 15.2. The molecule has 1 atom stereocenters. The van der Waals surface area contributed by atoms with Gasteiger partial charge in [0.2, 0.25) is 0 Å². The lowest BCUT2D eigenvalue weighted by atomic mass is 10.1. The first-order valence-corrected chi connectivity index (χ1v) is 7.51. The molecule has 0 saturated carbocycles. The molecule has 3 heterocycles. The van der Waals surface area contributed by atoms with Crippen LogP contribution < -0.4 is 5.32 Å². The van der Waals surface area contributed by atoms with E-state index in [-0.39, 0.29) is 0 Å². The molecule has 1 fully saturated rings. The van der Waals surface area contributed by atoms with Crippen LogP contribution in [-0.4, -0.2) is 21.1 Å². The highest BCUT2D eigenvalue weighted by Crippen LogP contribution is 2.25. The Bertz CT molecular complexity index is 742. The molecule has 0 aliphatic carbocycles. The van der Waals surface area contributed by atoms with Crippen LogP contribution >= 0.6 is 0 Å². The van der Waals surface area contributed by atoms with Crippen LogP contribution in [0.4, 0.5) is 0 Å². The van der Waals surface area contributed by atoms with Gasteiger partial charge in [-0.2, -0.15) is 0 Å². The van der Waals surface area contributed by atoms with Gasteiger partial charge in [-0.3, -0.25) is 9.88 Å². The van der Waals surface area contributed by atoms with Crippen LogP contribution in [0.15, 0.2) is 48.7 Å². The molecule has 1 N–H and O–H groups in total. The number of aromatic nitrogens is 3. The van der Waals surface area contributed by atoms with Crippen molar-refractivity contribution in [3.05, 3.63) is 60.0 Å². The van der Waals surface area contributed by atoms with Gasteiger partial charge in [0.25, 0.3) is 0 Å². The van der Waals surface area contributed by atoms with Crippen molar-refractivity contribution in [2.24, 2.45) is 0 Å². The molecule has 1 aromatic carbocycles. The minimum atomic E-state index is 0.323. The molecular weight excluding hydrogens is 260 g/mol. The average Bonchev–Trinajstić information content (AvgIpc) is 3.14. The molecule has 1 saturated heterocycles. The maximum atomic E-state index is 4.81. The second kappa shape index (κ2) is 5.30. The third kappa shape index (κ3) is 2.32. The number of rotatable bonds is 3. The van der Waals surface area contributed by atoms with Crippen LogP contribution in [0, 0.1) is 0 Å². The lowest BCUT2D eigenvalue weighted by Crippen LogP contribution is -2.22. The summed E-state index contributed by atoms with van der Waals surface area (Å²) in [5.41, 5.74) is 3.26. The van der Waals surface area contributed by atoms with Gasteiger partial charge in [0, 0.05) is 12.6 Å². The number of hydrogen-bond acceptors (Lipinski definition) is 3. The fourth-order valence-electron chi connectivity index (χ4n) is 3.09. The van der Waals surface area contributed by atoms with E-state index < -0.39 is 0 Å². The molecule has 2 aromatic heterocycles. The zero-order chi connectivity index (χ0) is 14.1. The van der Waals surface area contributed by atoms with Crippen LogP contribution in [0.25, 0.3) is 11.2 Å². The molecule has 1 aliphatic rings. The van der Waals surface area contributed by atoms with Crippen LogP contribution in [0.3, 0.4) is 0 Å². The van der Waals surface area contributed by atoms with Gasteiger partial charge < -0.3 is 0 Å². The highest BCUT2D eigenvalue weighted by Gasteiger charge is 2.22. The van der Waals surface area contributed by atoms with Crippen molar-refractivity contribution >= 4 is 11.2 Å². The van der Waals surface area contributed by atoms with Gasteiger partial charge in [-0.1, -0.05) is 30.3 Å². The zero-order valence-corrected chi connectivity index (χ0v) is 11.9. The van der Waals surface area contributed by atoms with Gasteiger partial charge in [0.05, 0.1) is 6.17 Å². The third-order valence-corrected chi connectivity index (χ3v) is 4.07. The van der Waals surface area contributed by atoms with Gasteiger partial charge in [0.1, 0.15) is 11.3 Å². The Morgan fingerprint density at radius 2 is 2.05 bits per heavy atom. The molecule has 4 nitrogen and oxygen atoms in total. The second-order valence-corrected chi connectivity index (χ2v) is 5.52. The van der Waals surface area contributed by atoms with Crippen LogP contribution in [0.2, 0.25) is 0 Å². The largest absolute Gasteiger partial charge is 0.297 e. The van der Waals surface area contributed by atoms with Crippen LogP contribution in [-0.2, 0) is 6.42 Å². The number of benzene rings is 1. The van der Waals surface area contributed by atoms with Gasteiger partial charge in [-0.25, -0.2) is 9.97 Å². The molecule has 4 rings (SSSR count). The van der Waals surface area contributed by atoms with Gasteiger partial charge in [0.15, 0.2) is 5.65 Å². The fraction of sp³-hybridized carbons (Fsp3) is 0.294. The van der Waals surface area contributed by atoms with E-state index in [4.69, 9.17) is 4.98 Å². The molecule has 0 radical (unpaired) electrons. The Morgan fingerprint density at radius 1 is 1.14 bits per heavy atom. The highest BCUT2D eigenvalue weighted by molar-refractivity contribution is 5.71. The Kier molecular flexibility index (Phi) is 3.16. The predicted molar refractivity (Wildman–Crippen MR) is 83.0 cm³/mol. The van der Waals surface area contributed by atoms with E-state index in [1.54, 1.807) is 0 Å². The van der Waals surface area contributed by atoms with E-state index in [0.29, 0.717) is 6.17 Å². The topological polar surface area (TPSA) is 42.7 Å². The van der Waals surface area contributed by atoms with Crippen molar-refractivity contribution in [2.75, 3.05) is 6.54 Å². The first-order valence-electron chi connectivity index (χ1n) is 7.51. The summed E-state index contributed by atoms with van der Waals surface area (Å²) in [7, 11) is 0. The zero-order valence-electron chi connectivity index (χ0n) is 11.9. The minimum absolute atomic E-state index is 0.323. The lowest BCUT2D eigenvalue weighted by Gasteiger charge is -2.16. The quantitative estimate of drug-likeness (QED) is 0.801. The molecule has 0 bridgehead atoms. The lowest BCUT2D eigenvalue weighted by molar-refractivity contribution is 0.464. The van der Waals surface area contributed by atoms with Crippen molar-refractivity contribution in [1.29, 1.82) is 0 Å². The molecule has 21 heavy (non-hydrogen) atoms. The molecule has 0 spiro atoms. The molecular formula is C17H18N4. The van der Waals surface area contributed by atoms with E-state index in [2.05, 4.69) is 39.1 Å². The third-order valence-electron chi connectivity index (χ3n) is 4.07. The molecule has 0 amide bonds. The maximum absolute atomic E-state index is 4.81. The van der Waals surface area contributed by atoms with E-state index in [0.717, 1.165) is 36.4 Å². The summed E-state index contributed by atoms with van der Waals surface area (Å²) < 4.78 is 2.29. The number of nitrogens with one attached hydrogen (secondary N) is 1. The SMILES string of the molecule is c1ccc(Cc2nc3cccnc3n2C2CCCN2)cc1. The molecule has 1 unspecified atom stereocenters. The van der Waals surface area contributed by atoms with E-state index >= 15 is 0 Å². The molecule has 4 heteroatoms. The Hall–Kier alpha value is -2.20. The monoisotopic (exact) mass is 278 g/mol. The fourth-order valence-corrected chi connectivity index (χ4v) is 3.09. The Morgan fingerprint density at radius 3 is 2.86 bits per heavy atom. The average molecular weight is 278 g/mol. The number of imidazole rings is 1. The standard InChI is InChI=1S/C17H18N4/c1-2-6-13(7-3-1)12-16-20-14-8-4-11-19-17(14)21(16)15-9-5-10-18-15/h1-4,6-8,11,15,18H,5,9-10,12H2. The van der Waals surface area contributed by atoms with E-state index in [9.17, 15) is 0 Å². The van der Waals surface area contributed by atoms with Gasteiger partial charge in [-0.15, -0.1) is 0 Å². The summed E-state index contributed by atoms with van der Waals surface area (Å²) >= 11 is 0. The summed E-state index contributed by atoms with van der Waals surface area (Å²) in [5, 5.41) is 3.56. The Labute approximate surface area is 123 Å². The number of fused-ring (bicyclic) bond motifs is 1. The summed E-state index contributed by atoms with van der Waals surface area (Å²) in [6.45, 7) is 1.07. The smallest absolute Gasteiger partial charge is 0.161 e. The summed E-state index contributed by atoms with van der Waals surface area (Å²) in [6, 6.07) is 14.5. The van der Waals surface area contributed by atoms with E-state index in [1.165, 1.54) is 12.0 Å². The van der Waals surface area contributed by atoms with Crippen molar-refractivity contribution in [2.45, 2.75) is 25.4 Å². The molecule has 106 valence electrons. The second-order valence-electron chi connectivity index (χ2n) is 5.52.